The second-order valence-corrected chi connectivity index (χ2v) is 7.10. The van der Waals surface area contributed by atoms with Crippen LogP contribution in [0.25, 0.3) is 0 Å². The fourth-order valence-electron chi connectivity index (χ4n) is 3.04. The molecule has 0 aromatic heterocycles. The lowest BCUT2D eigenvalue weighted by Gasteiger charge is -2.30. The lowest BCUT2D eigenvalue weighted by atomic mass is 9.90. The molecule has 1 unspecified atom stereocenters. The number of hydrogen-bond acceptors (Lipinski definition) is 4. The van der Waals surface area contributed by atoms with Crippen molar-refractivity contribution in [1.29, 1.82) is 5.26 Å². The topological polar surface area (TPSA) is 75.8 Å². The summed E-state index contributed by atoms with van der Waals surface area (Å²) in [7, 11) is 3.26. The SMILES string of the molecule is COc1cc2c(cc1OC)C[NH+](CC(=O)N[C@@](C)(C#N)C(C)C)CC2. The molecule has 2 N–H and O–H groups in total. The van der Waals surface area contributed by atoms with Gasteiger partial charge in [0.25, 0.3) is 5.91 Å². The molecule has 2 rings (SSSR count). The summed E-state index contributed by atoms with van der Waals surface area (Å²) in [6.45, 7) is 7.64. The Balaban J connectivity index is 2.06. The van der Waals surface area contributed by atoms with Crippen molar-refractivity contribution < 1.29 is 19.2 Å². The first-order valence-electron chi connectivity index (χ1n) is 8.62. The highest BCUT2D eigenvalue weighted by Crippen LogP contribution is 2.31. The van der Waals surface area contributed by atoms with E-state index >= 15 is 0 Å². The predicted molar refractivity (Wildman–Crippen MR) is 94.6 cm³/mol. The zero-order valence-corrected chi connectivity index (χ0v) is 15.7. The molecule has 0 radical (unpaired) electrons. The van der Waals surface area contributed by atoms with Gasteiger partial charge in [-0.25, -0.2) is 0 Å². The first-order valence-corrected chi connectivity index (χ1v) is 8.62. The average Bonchev–Trinajstić information content (AvgIpc) is 2.59. The number of ether oxygens (including phenoxy) is 2. The Bertz CT molecular complexity index is 681. The molecule has 1 heterocycles. The van der Waals surface area contributed by atoms with Gasteiger partial charge >= 0.3 is 0 Å². The molecule has 1 aromatic rings. The Labute approximate surface area is 149 Å². The fraction of sp³-hybridized carbons (Fsp3) is 0.579. The van der Waals surface area contributed by atoms with E-state index in [2.05, 4.69) is 11.4 Å². The highest BCUT2D eigenvalue weighted by Gasteiger charge is 2.32. The summed E-state index contributed by atoms with van der Waals surface area (Å²) in [5.74, 6) is 1.42. The number of amides is 1. The van der Waals surface area contributed by atoms with Crippen LogP contribution in [0, 0.1) is 17.2 Å². The van der Waals surface area contributed by atoms with Gasteiger partial charge in [-0.3, -0.25) is 4.79 Å². The van der Waals surface area contributed by atoms with Crippen LogP contribution in [0.3, 0.4) is 0 Å². The number of carbonyl (C=O) groups excluding carboxylic acids is 1. The van der Waals surface area contributed by atoms with Gasteiger partial charge in [0, 0.05) is 12.0 Å². The summed E-state index contributed by atoms with van der Waals surface area (Å²) < 4.78 is 10.7. The number of benzene rings is 1. The Morgan fingerprint density at radius 3 is 2.44 bits per heavy atom. The predicted octanol–water partition coefficient (Wildman–Crippen LogP) is 0.699. The van der Waals surface area contributed by atoms with E-state index in [9.17, 15) is 10.1 Å². The number of methoxy groups -OCH3 is 2. The Hall–Kier alpha value is -2.26. The van der Waals surface area contributed by atoms with Crippen molar-refractivity contribution in [2.75, 3.05) is 27.3 Å². The largest absolute Gasteiger partial charge is 0.493 e. The quantitative estimate of drug-likeness (QED) is 0.795. The standard InChI is InChI=1S/C19H27N3O3/c1-13(2)19(3,12-20)21-18(23)11-22-7-6-14-8-16(24-4)17(25-5)9-15(14)10-22/h8-9,13H,6-7,10-11H2,1-5H3,(H,21,23)/p+1/t19-/m0/s1. The Morgan fingerprint density at radius 2 is 1.92 bits per heavy atom. The van der Waals surface area contributed by atoms with Crippen LogP contribution in [0.4, 0.5) is 0 Å². The van der Waals surface area contributed by atoms with E-state index in [4.69, 9.17) is 9.47 Å². The summed E-state index contributed by atoms with van der Waals surface area (Å²) in [4.78, 5) is 13.6. The lowest BCUT2D eigenvalue weighted by Crippen LogP contribution is -3.13. The number of rotatable bonds is 6. The van der Waals surface area contributed by atoms with E-state index in [0.29, 0.717) is 12.3 Å². The maximum Gasteiger partial charge on any atom is 0.276 e. The molecule has 1 aromatic carbocycles. The number of quaternary nitrogens is 1. The molecule has 0 saturated heterocycles. The average molecular weight is 346 g/mol. The number of nitriles is 1. The zero-order valence-electron chi connectivity index (χ0n) is 15.7. The highest BCUT2D eigenvalue weighted by atomic mass is 16.5. The molecule has 0 fully saturated rings. The van der Waals surface area contributed by atoms with E-state index in [-0.39, 0.29) is 11.8 Å². The van der Waals surface area contributed by atoms with Crippen molar-refractivity contribution in [2.45, 2.75) is 39.3 Å². The molecule has 1 aliphatic rings. The van der Waals surface area contributed by atoms with Crippen LogP contribution in [0.1, 0.15) is 31.9 Å². The van der Waals surface area contributed by atoms with Gasteiger partial charge in [-0.1, -0.05) is 13.8 Å². The number of nitrogens with zero attached hydrogens (tertiary/aromatic N) is 1. The summed E-state index contributed by atoms with van der Waals surface area (Å²) in [5.41, 5.74) is 1.59. The molecule has 136 valence electrons. The van der Waals surface area contributed by atoms with E-state index in [1.54, 1.807) is 21.1 Å². The molecule has 0 saturated carbocycles. The van der Waals surface area contributed by atoms with Gasteiger partial charge in [0.05, 0.1) is 26.8 Å². The van der Waals surface area contributed by atoms with Crippen molar-refractivity contribution in [2.24, 2.45) is 5.92 Å². The normalized spacial score (nSPS) is 18.7. The van der Waals surface area contributed by atoms with Crippen molar-refractivity contribution >= 4 is 5.91 Å². The molecule has 0 bridgehead atoms. The van der Waals surface area contributed by atoms with Crippen molar-refractivity contribution in [1.82, 2.24) is 5.32 Å². The van der Waals surface area contributed by atoms with Crippen molar-refractivity contribution in [3.8, 4) is 17.6 Å². The molecule has 1 amide bonds. The van der Waals surface area contributed by atoms with Crippen molar-refractivity contribution in [3.63, 3.8) is 0 Å². The van der Waals surface area contributed by atoms with Crippen LogP contribution in [-0.2, 0) is 17.8 Å². The number of carbonyl (C=O) groups is 1. The summed E-state index contributed by atoms with van der Waals surface area (Å²) in [6, 6.07) is 6.24. The minimum Gasteiger partial charge on any atom is -0.493 e. The number of hydrogen-bond donors (Lipinski definition) is 2. The number of fused-ring (bicyclic) bond motifs is 1. The zero-order chi connectivity index (χ0) is 18.6. The molecule has 25 heavy (non-hydrogen) atoms. The van der Waals surface area contributed by atoms with Gasteiger partial charge in [0.2, 0.25) is 0 Å². The van der Waals surface area contributed by atoms with Crippen LogP contribution < -0.4 is 19.7 Å². The molecular weight excluding hydrogens is 318 g/mol. The van der Waals surface area contributed by atoms with Crippen LogP contribution in [0.15, 0.2) is 12.1 Å². The second kappa shape index (κ2) is 7.75. The summed E-state index contributed by atoms with van der Waals surface area (Å²) >= 11 is 0. The van der Waals surface area contributed by atoms with Crippen LogP contribution in [0.5, 0.6) is 11.5 Å². The molecule has 6 nitrogen and oxygen atoms in total. The number of nitrogens with one attached hydrogen (secondary N) is 2. The minimum atomic E-state index is -0.833. The second-order valence-electron chi connectivity index (χ2n) is 7.10. The third kappa shape index (κ3) is 4.23. The van der Waals surface area contributed by atoms with Crippen LogP contribution >= 0.6 is 0 Å². The third-order valence-electron chi connectivity index (χ3n) is 5.09. The van der Waals surface area contributed by atoms with E-state index < -0.39 is 5.54 Å². The van der Waals surface area contributed by atoms with Gasteiger partial charge in [0.1, 0.15) is 12.1 Å². The first-order chi connectivity index (χ1) is 11.8. The molecule has 2 atom stereocenters. The van der Waals surface area contributed by atoms with Gasteiger partial charge in [-0.05, 0) is 30.5 Å². The van der Waals surface area contributed by atoms with E-state index in [1.165, 1.54) is 16.0 Å². The monoisotopic (exact) mass is 346 g/mol. The summed E-state index contributed by atoms with van der Waals surface area (Å²) in [5, 5.41) is 12.2. The maximum absolute atomic E-state index is 12.4. The Kier molecular flexibility index (Phi) is 5.91. The van der Waals surface area contributed by atoms with Crippen molar-refractivity contribution in [3.05, 3.63) is 23.3 Å². The lowest BCUT2D eigenvalue weighted by molar-refractivity contribution is -0.908. The molecule has 6 heteroatoms. The Morgan fingerprint density at radius 1 is 1.32 bits per heavy atom. The summed E-state index contributed by atoms with van der Waals surface area (Å²) in [6.07, 6.45) is 0.887. The van der Waals surface area contributed by atoms with Gasteiger partial charge in [-0.2, -0.15) is 5.26 Å². The van der Waals surface area contributed by atoms with Gasteiger partial charge < -0.3 is 19.7 Å². The van der Waals surface area contributed by atoms with Gasteiger partial charge in [0.15, 0.2) is 18.0 Å². The minimum absolute atomic E-state index is 0.0512. The van der Waals surface area contributed by atoms with Crippen LogP contribution in [-0.4, -0.2) is 38.8 Å². The third-order valence-corrected chi connectivity index (χ3v) is 5.09. The first kappa shape index (κ1) is 19.1. The van der Waals surface area contributed by atoms with E-state index in [1.807, 2.05) is 26.0 Å². The highest BCUT2D eigenvalue weighted by molar-refractivity contribution is 5.78. The maximum atomic E-state index is 12.4. The van der Waals surface area contributed by atoms with E-state index in [0.717, 1.165) is 25.3 Å². The fourth-order valence-corrected chi connectivity index (χ4v) is 3.04. The van der Waals surface area contributed by atoms with Crippen LogP contribution in [0.2, 0.25) is 0 Å². The van der Waals surface area contributed by atoms with Gasteiger partial charge in [-0.15, -0.1) is 0 Å². The molecular formula is C19H28N3O3+. The molecule has 0 spiro atoms. The smallest absolute Gasteiger partial charge is 0.276 e. The molecule has 1 aliphatic heterocycles. The molecule has 0 aliphatic carbocycles.